The van der Waals surface area contributed by atoms with Gasteiger partial charge in [0, 0.05) is 13.7 Å². The van der Waals surface area contributed by atoms with Crippen LogP contribution in [0.2, 0.25) is 0 Å². The predicted molar refractivity (Wildman–Crippen MR) is 75.2 cm³/mol. The fourth-order valence-electron chi connectivity index (χ4n) is 1.92. The molecular formula is C14H20N2O4. The molecule has 110 valence electrons. The fourth-order valence-corrected chi connectivity index (χ4v) is 1.92. The van der Waals surface area contributed by atoms with Gasteiger partial charge in [-0.05, 0) is 18.6 Å². The third-order valence-electron chi connectivity index (χ3n) is 2.95. The van der Waals surface area contributed by atoms with Gasteiger partial charge in [-0.25, -0.2) is 4.79 Å². The van der Waals surface area contributed by atoms with E-state index in [1.807, 2.05) is 18.2 Å². The lowest BCUT2D eigenvalue weighted by Crippen LogP contribution is -2.38. The number of hydrogen-bond acceptors (Lipinski definition) is 4. The number of nitrogens with one attached hydrogen (secondary N) is 2. The van der Waals surface area contributed by atoms with Crippen molar-refractivity contribution >= 4 is 11.7 Å². The van der Waals surface area contributed by atoms with Gasteiger partial charge in [-0.1, -0.05) is 12.1 Å². The van der Waals surface area contributed by atoms with Gasteiger partial charge >= 0.3 is 6.03 Å². The molecule has 0 aromatic heterocycles. The molecule has 0 saturated carbocycles. The Bertz CT molecular complexity index is 433. The van der Waals surface area contributed by atoms with Crippen molar-refractivity contribution in [3.8, 4) is 5.75 Å². The highest BCUT2D eigenvalue weighted by Gasteiger charge is 2.18. The van der Waals surface area contributed by atoms with Crippen molar-refractivity contribution in [3.05, 3.63) is 24.3 Å². The third kappa shape index (κ3) is 4.40. The summed E-state index contributed by atoms with van der Waals surface area (Å²) in [4.78, 5) is 11.9. The van der Waals surface area contributed by atoms with E-state index >= 15 is 0 Å². The van der Waals surface area contributed by atoms with E-state index in [-0.39, 0.29) is 12.1 Å². The second-order valence-corrected chi connectivity index (χ2v) is 4.50. The van der Waals surface area contributed by atoms with Gasteiger partial charge in [0.15, 0.2) is 0 Å². The largest absolute Gasteiger partial charge is 0.489 e. The van der Waals surface area contributed by atoms with Crippen LogP contribution in [0.3, 0.4) is 0 Å². The SMILES string of the molecule is COCCOc1ccccc1NC(=O)NC1CCOC1. The lowest BCUT2D eigenvalue weighted by Gasteiger charge is -2.14. The Hall–Kier alpha value is -1.79. The number of methoxy groups -OCH3 is 1. The molecule has 2 rings (SSSR count). The molecule has 0 bridgehead atoms. The molecule has 0 radical (unpaired) electrons. The summed E-state index contributed by atoms with van der Waals surface area (Å²) in [6.45, 7) is 2.20. The lowest BCUT2D eigenvalue weighted by molar-refractivity contribution is 0.146. The number of carbonyl (C=O) groups is 1. The molecule has 1 aromatic carbocycles. The van der Waals surface area contributed by atoms with Crippen molar-refractivity contribution in [3.63, 3.8) is 0 Å². The average molecular weight is 280 g/mol. The van der Waals surface area contributed by atoms with Crippen LogP contribution in [0.5, 0.6) is 5.75 Å². The van der Waals surface area contributed by atoms with Crippen molar-refractivity contribution in [1.82, 2.24) is 5.32 Å². The Labute approximate surface area is 118 Å². The van der Waals surface area contributed by atoms with Crippen LogP contribution in [0.4, 0.5) is 10.5 Å². The quantitative estimate of drug-likeness (QED) is 0.777. The minimum Gasteiger partial charge on any atom is -0.489 e. The number of benzene rings is 1. The molecule has 1 aromatic rings. The Morgan fingerprint density at radius 1 is 1.40 bits per heavy atom. The van der Waals surface area contributed by atoms with E-state index in [1.54, 1.807) is 13.2 Å². The number of rotatable bonds is 6. The van der Waals surface area contributed by atoms with Gasteiger partial charge in [0.1, 0.15) is 12.4 Å². The Balaban J connectivity index is 1.88. The van der Waals surface area contributed by atoms with Crippen LogP contribution in [0.1, 0.15) is 6.42 Å². The number of amides is 2. The van der Waals surface area contributed by atoms with Gasteiger partial charge in [-0.3, -0.25) is 0 Å². The van der Waals surface area contributed by atoms with E-state index in [4.69, 9.17) is 14.2 Å². The van der Waals surface area contributed by atoms with Gasteiger partial charge < -0.3 is 24.8 Å². The lowest BCUT2D eigenvalue weighted by atomic mass is 10.2. The first-order valence-electron chi connectivity index (χ1n) is 6.65. The monoisotopic (exact) mass is 280 g/mol. The van der Waals surface area contributed by atoms with E-state index in [0.717, 1.165) is 6.42 Å². The molecule has 0 aliphatic carbocycles. The summed E-state index contributed by atoms with van der Waals surface area (Å²) in [6.07, 6.45) is 0.847. The van der Waals surface area contributed by atoms with Crippen LogP contribution in [0.15, 0.2) is 24.3 Å². The zero-order valence-electron chi connectivity index (χ0n) is 11.6. The molecule has 6 nitrogen and oxygen atoms in total. The Morgan fingerprint density at radius 2 is 2.25 bits per heavy atom. The molecule has 1 heterocycles. The maximum atomic E-state index is 11.9. The summed E-state index contributed by atoms with van der Waals surface area (Å²) < 4.78 is 15.7. The van der Waals surface area contributed by atoms with Crippen molar-refractivity contribution in [2.75, 3.05) is 38.9 Å². The molecule has 1 aliphatic rings. The molecule has 6 heteroatoms. The highest BCUT2D eigenvalue weighted by molar-refractivity contribution is 5.91. The topological polar surface area (TPSA) is 68.8 Å². The summed E-state index contributed by atoms with van der Waals surface area (Å²) in [5.41, 5.74) is 0.639. The van der Waals surface area contributed by atoms with Crippen LogP contribution in [0.25, 0.3) is 0 Å². The molecule has 2 amide bonds. The first kappa shape index (κ1) is 14.6. The third-order valence-corrected chi connectivity index (χ3v) is 2.95. The zero-order valence-corrected chi connectivity index (χ0v) is 11.6. The van der Waals surface area contributed by atoms with E-state index in [1.165, 1.54) is 0 Å². The summed E-state index contributed by atoms with van der Waals surface area (Å²) >= 11 is 0. The van der Waals surface area contributed by atoms with Crippen LogP contribution < -0.4 is 15.4 Å². The van der Waals surface area contributed by atoms with E-state index in [2.05, 4.69) is 10.6 Å². The maximum Gasteiger partial charge on any atom is 0.319 e. The second-order valence-electron chi connectivity index (χ2n) is 4.50. The molecular weight excluding hydrogens is 260 g/mol. The summed E-state index contributed by atoms with van der Waals surface area (Å²) in [6, 6.07) is 7.14. The molecule has 1 saturated heterocycles. The van der Waals surface area contributed by atoms with Crippen molar-refractivity contribution in [1.29, 1.82) is 0 Å². The van der Waals surface area contributed by atoms with Crippen LogP contribution in [-0.4, -0.2) is 45.6 Å². The fraction of sp³-hybridized carbons (Fsp3) is 0.500. The summed E-state index contributed by atoms with van der Waals surface area (Å²) in [7, 11) is 1.62. The maximum absolute atomic E-state index is 11.9. The van der Waals surface area contributed by atoms with Gasteiger partial charge in [0.25, 0.3) is 0 Å². The molecule has 20 heavy (non-hydrogen) atoms. The minimum atomic E-state index is -0.247. The Kier molecular flexibility index (Phi) is 5.64. The van der Waals surface area contributed by atoms with E-state index in [0.29, 0.717) is 37.9 Å². The number of hydrogen-bond donors (Lipinski definition) is 2. The minimum absolute atomic E-state index is 0.0802. The van der Waals surface area contributed by atoms with Gasteiger partial charge in [0.2, 0.25) is 0 Å². The number of anilines is 1. The van der Waals surface area contributed by atoms with Crippen molar-refractivity contribution in [2.45, 2.75) is 12.5 Å². The summed E-state index contributed by atoms with van der Waals surface area (Å²) in [5.74, 6) is 0.627. The normalized spacial score (nSPS) is 17.8. The second kappa shape index (κ2) is 7.72. The highest BCUT2D eigenvalue weighted by Crippen LogP contribution is 2.23. The van der Waals surface area contributed by atoms with Gasteiger partial charge in [0.05, 0.1) is 24.9 Å². The molecule has 2 N–H and O–H groups in total. The molecule has 1 unspecified atom stereocenters. The smallest absolute Gasteiger partial charge is 0.319 e. The van der Waals surface area contributed by atoms with Crippen LogP contribution in [-0.2, 0) is 9.47 Å². The highest BCUT2D eigenvalue weighted by atomic mass is 16.5. The number of urea groups is 1. The first-order chi connectivity index (χ1) is 9.79. The predicted octanol–water partition coefficient (Wildman–Crippen LogP) is 1.62. The van der Waals surface area contributed by atoms with E-state index < -0.39 is 0 Å². The summed E-state index contributed by atoms with van der Waals surface area (Å²) in [5, 5.41) is 5.66. The first-order valence-corrected chi connectivity index (χ1v) is 6.65. The molecule has 1 atom stereocenters. The van der Waals surface area contributed by atoms with Gasteiger partial charge in [-0.2, -0.15) is 0 Å². The average Bonchev–Trinajstić information content (AvgIpc) is 2.93. The number of para-hydroxylation sites is 2. The molecule has 0 spiro atoms. The number of carbonyl (C=O) groups excluding carboxylic acids is 1. The zero-order chi connectivity index (χ0) is 14.2. The molecule has 1 aliphatic heterocycles. The van der Waals surface area contributed by atoms with E-state index in [9.17, 15) is 4.79 Å². The standard InChI is InChI=1S/C14H20N2O4/c1-18-8-9-20-13-5-3-2-4-12(13)16-14(17)15-11-6-7-19-10-11/h2-5,11H,6-10H2,1H3,(H2,15,16,17). The van der Waals surface area contributed by atoms with Crippen LogP contribution >= 0.6 is 0 Å². The molecule has 1 fully saturated rings. The van der Waals surface area contributed by atoms with Crippen molar-refractivity contribution < 1.29 is 19.0 Å². The van der Waals surface area contributed by atoms with Gasteiger partial charge in [-0.15, -0.1) is 0 Å². The Morgan fingerprint density at radius 3 is 3.00 bits per heavy atom. The van der Waals surface area contributed by atoms with Crippen LogP contribution in [0, 0.1) is 0 Å². The van der Waals surface area contributed by atoms with Crippen molar-refractivity contribution in [2.24, 2.45) is 0 Å². The number of ether oxygens (including phenoxy) is 3.